The van der Waals surface area contributed by atoms with Crippen LogP contribution in [0.3, 0.4) is 0 Å². The van der Waals surface area contributed by atoms with E-state index in [4.69, 9.17) is 4.74 Å². The fourth-order valence-corrected chi connectivity index (χ4v) is 2.82. The summed E-state index contributed by atoms with van der Waals surface area (Å²) < 4.78 is 6.21. The van der Waals surface area contributed by atoms with Crippen molar-refractivity contribution in [3.05, 3.63) is 29.8 Å². The van der Waals surface area contributed by atoms with Crippen LogP contribution in [-0.2, 0) is 6.42 Å². The van der Waals surface area contributed by atoms with Gasteiger partial charge >= 0.3 is 0 Å². The van der Waals surface area contributed by atoms with E-state index in [0.29, 0.717) is 12.1 Å². The Morgan fingerprint density at radius 3 is 2.83 bits per heavy atom. The van der Waals surface area contributed by atoms with Crippen LogP contribution in [0.5, 0.6) is 5.75 Å². The standard InChI is InChI=1S/C16H25NO/c1-3-13-8-5-6-11-16(13)18-15-10-7-9-14(12-15)17-4-2/h5-6,8,11,14-15,17H,3-4,7,9-10,12H2,1-2H3. The summed E-state index contributed by atoms with van der Waals surface area (Å²) in [5.41, 5.74) is 1.32. The zero-order valence-electron chi connectivity index (χ0n) is 11.6. The summed E-state index contributed by atoms with van der Waals surface area (Å²) in [6, 6.07) is 9.07. The van der Waals surface area contributed by atoms with Gasteiger partial charge in [0.1, 0.15) is 11.9 Å². The molecule has 0 spiro atoms. The minimum Gasteiger partial charge on any atom is -0.490 e. The van der Waals surface area contributed by atoms with Crippen molar-refractivity contribution in [1.82, 2.24) is 5.32 Å². The van der Waals surface area contributed by atoms with Gasteiger partial charge in [0.25, 0.3) is 0 Å². The van der Waals surface area contributed by atoms with Crippen LogP contribution >= 0.6 is 0 Å². The van der Waals surface area contributed by atoms with Crippen molar-refractivity contribution in [2.75, 3.05) is 6.54 Å². The summed E-state index contributed by atoms with van der Waals surface area (Å²) >= 11 is 0. The largest absolute Gasteiger partial charge is 0.490 e. The first-order valence-corrected chi connectivity index (χ1v) is 7.31. The van der Waals surface area contributed by atoms with E-state index in [1.807, 2.05) is 0 Å². The van der Waals surface area contributed by atoms with Crippen LogP contribution < -0.4 is 10.1 Å². The molecule has 1 saturated carbocycles. The van der Waals surface area contributed by atoms with E-state index in [1.54, 1.807) is 0 Å². The van der Waals surface area contributed by atoms with Crippen molar-refractivity contribution < 1.29 is 4.74 Å². The number of benzene rings is 1. The molecule has 18 heavy (non-hydrogen) atoms. The molecule has 0 amide bonds. The number of nitrogens with one attached hydrogen (secondary N) is 1. The number of hydrogen-bond donors (Lipinski definition) is 1. The van der Waals surface area contributed by atoms with Crippen molar-refractivity contribution in [2.45, 2.75) is 58.1 Å². The lowest BCUT2D eigenvalue weighted by atomic mass is 9.92. The third kappa shape index (κ3) is 3.49. The predicted octanol–water partition coefficient (Wildman–Crippen LogP) is 3.55. The lowest BCUT2D eigenvalue weighted by molar-refractivity contribution is 0.134. The minimum absolute atomic E-state index is 0.385. The lowest BCUT2D eigenvalue weighted by Crippen LogP contribution is -2.38. The van der Waals surface area contributed by atoms with E-state index < -0.39 is 0 Å². The van der Waals surface area contributed by atoms with Gasteiger partial charge in [-0.15, -0.1) is 0 Å². The highest BCUT2D eigenvalue weighted by Crippen LogP contribution is 2.26. The molecule has 0 heterocycles. The smallest absolute Gasteiger partial charge is 0.122 e. The van der Waals surface area contributed by atoms with E-state index in [9.17, 15) is 0 Å². The molecule has 1 aromatic carbocycles. The molecule has 0 bridgehead atoms. The first kappa shape index (κ1) is 13.4. The molecular weight excluding hydrogens is 222 g/mol. The molecule has 2 atom stereocenters. The fourth-order valence-electron chi connectivity index (χ4n) is 2.82. The van der Waals surface area contributed by atoms with Gasteiger partial charge in [0.2, 0.25) is 0 Å². The Morgan fingerprint density at radius 2 is 2.06 bits per heavy atom. The Bertz CT molecular complexity index is 362. The molecule has 1 aliphatic rings. The first-order valence-electron chi connectivity index (χ1n) is 7.31. The molecule has 1 fully saturated rings. The second kappa shape index (κ2) is 6.79. The van der Waals surface area contributed by atoms with Crippen molar-refractivity contribution in [3.63, 3.8) is 0 Å². The summed E-state index contributed by atoms with van der Waals surface area (Å²) in [5.74, 6) is 1.09. The highest BCUT2D eigenvalue weighted by Gasteiger charge is 2.22. The summed E-state index contributed by atoms with van der Waals surface area (Å²) in [5, 5.41) is 3.55. The maximum Gasteiger partial charge on any atom is 0.122 e. The van der Waals surface area contributed by atoms with Crippen molar-refractivity contribution in [1.29, 1.82) is 0 Å². The molecule has 1 N–H and O–H groups in total. The number of aryl methyl sites for hydroxylation is 1. The van der Waals surface area contributed by atoms with Gasteiger partial charge in [0, 0.05) is 6.04 Å². The van der Waals surface area contributed by atoms with E-state index >= 15 is 0 Å². The third-order valence-electron chi connectivity index (χ3n) is 3.77. The number of hydrogen-bond acceptors (Lipinski definition) is 2. The van der Waals surface area contributed by atoms with Crippen LogP contribution in [0.2, 0.25) is 0 Å². The average Bonchev–Trinajstić information content (AvgIpc) is 2.40. The van der Waals surface area contributed by atoms with E-state index in [2.05, 4.69) is 43.4 Å². The molecule has 0 saturated heterocycles. The molecule has 1 aliphatic carbocycles. The van der Waals surface area contributed by atoms with Gasteiger partial charge in [-0.3, -0.25) is 0 Å². The average molecular weight is 247 g/mol. The Labute approximate surface area is 111 Å². The Morgan fingerprint density at radius 1 is 1.22 bits per heavy atom. The summed E-state index contributed by atoms with van der Waals surface area (Å²) in [4.78, 5) is 0. The van der Waals surface area contributed by atoms with Gasteiger partial charge in [-0.25, -0.2) is 0 Å². The monoisotopic (exact) mass is 247 g/mol. The van der Waals surface area contributed by atoms with Crippen LogP contribution in [0.4, 0.5) is 0 Å². The molecular formula is C16H25NO. The van der Waals surface area contributed by atoms with Crippen molar-refractivity contribution in [3.8, 4) is 5.75 Å². The molecule has 2 heteroatoms. The van der Waals surface area contributed by atoms with Gasteiger partial charge in [-0.1, -0.05) is 32.0 Å². The van der Waals surface area contributed by atoms with Crippen LogP contribution in [0.1, 0.15) is 45.1 Å². The predicted molar refractivity (Wildman–Crippen MR) is 76.2 cm³/mol. The van der Waals surface area contributed by atoms with Gasteiger partial charge in [0.05, 0.1) is 0 Å². The summed E-state index contributed by atoms with van der Waals surface area (Å²) in [7, 11) is 0. The maximum atomic E-state index is 6.21. The van der Waals surface area contributed by atoms with E-state index in [1.165, 1.54) is 24.8 Å². The zero-order valence-corrected chi connectivity index (χ0v) is 11.6. The highest BCUT2D eigenvalue weighted by molar-refractivity contribution is 5.33. The van der Waals surface area contributed by atoms with Crippen LogP contribution in [0.25, 0.3) is 0 Å². The van der Waals surface area contributed by atoms with Crippen molar-refractivity contribution >= 4 is 0 Å². The second-order valence-electron chi connectivity index (χ2n) is 5.12. The van der Waals surface area contributed by atoms with E-state index in [0.717, 1.165) is 25.1 Å². The molecule has 2 nitrogen and oxygen atoms in total. The summed E-state index contributed by atoms with van der Waals surface area (Å²) in [6.45, 7) is 5.42. The number of rotatable bonds is 5. The molecule has 100 valence electrons. The van der Waals surface area contributed by atoms with Crippen LogP contribution in [-0.4, -0.2) is 18.7 Å². The first-order chi connectivity index (χ1) is 8.83. The highest BCUT2D eigenvalue weighted by atomic mass is 16.5. The minimum atomic E-state index is 0.385. The topological polar surface area (TPSA) is 21.3 Å². The van der Waals surface area contributed by atoms with Gasteiger partial charge < -0.3 is 10.1 Å². The van der Waals surface area contributed by atoms with Gasteiger partial charge in [-0.05, 0) is 50.3 Å². The SMILES string of the molecule is CCNC1CCCC(Oc2ccccc2CC)C1. The molecule has 0 radical (unpaired) electrons. The second-order valence-corrected chi connectivity index (χ2v) is 5.12. The lowest BCUT2D eigenvalue weighted by Gasteiger charge is -2.30. The van der Waals surface area contributed by atoms with Crippen molar-refractivity contribution in [2.24, 2.45) is 0 Å². The molecule has 2 unspecified atom stereocenters. The Hall–Kier alpha value is -1.02. The summed E-state index contributed by atoms with van der Waals surface area (Å²) in [6.07, 6.45) is 6.33. The third-order valence-corrected chi connectivity index (χ3v) is 3.77. The molecule has 0 aromatic heterocycles. The Balaban J connectivity index is 1.96. The maximum absolute atomic E-state index is 6.21. The van der Waals surface area contributed by atoms with Gasteiger partial charge in [0.15, 0.2) is 0 Å². The molecule has 0 aliphatic heterocycles. The fraction of sp³-hybridized carbons (Fsp3) is 0.625. The zero-order chi connectivity index (χ0) is 12.8. The Kier molecular flexibility index (Phi) is 5.06. The van der Waals surface area contributed by atoms with Crippen LogP contribution in [0.15, 0.2) is 24.3 Å². The number of para-hydroxylation sites is 1. The van der Waals surface area contributed by atoms with Crippen LogP contribution in [0, 0.1) is 0 Å². The molecule has 2 rings (SSSR count). The molecule has 1 aromatic rings. The normalized spacial score (nSPS) is 23.9. The number of ether oxygens (including phenoxy) is 1. The van der Waals surface area contributed by atoms with Gasteiger partial charge in [-0.2, -0.15) is 0 Å². The quantitative estimate of drug-likeness (QED) is 0.859. The van der Waals surface area contributed by atoms with E-state index in [-0.39, 0.29) is 0 Å².